The lowest BCUT2D eigenvalue weighted by atomic mass is 9.97. The number of anilines is 1. The van der Waals surface area contributed by atoms with Crippen molar-refractivity contribution in [1.29, 1.82) is 0 Å². The van der Waals surface area contributed by atoms with E-state index in [4.69, 9.17) is 5.73 Å². The van der Waals surface area contributed by atoms with Crippen LogP contribution in [0.4, 0.5) is 5.69 Å². The van der Waals surface area contributed by atoms with Crippen molar-refractivity contribution in [3.63, 3.8) is 0 Å². The molecule has 1 saturated heterocycles. The average Bonchev–Trinajstić information content (AvgIpc) is 2.41. The molecule has 2 amide bonds. The van der Waals surface area contributed by atoms with Gasteiger partial charge in [-0.25, -0.2) is 0 Å². The molecule has 0 radical (unpaired) electrons. The SMILES string of the molecule is NC(=O)[C@H]1CCC[NH+](CC(=O)Nc2ccccc2Br)C1. The van der Waals surface area contributed by atoms with Crippen molar-refractivity contribution in [2.45, 2.75) is 12.8 Å². The van der Waals surface area contributed by atoms with Crippen LogP contribution in [0.2, 0.25) is 0 Å². The van der Waals surface area contributed by atoms with Gasteiger partial charge in [0, 0.05) is 4.47 Å². The molecular formula is C14H19BrN3O2+. The number of quaternary nitrogens is 1. The van der Waals surface area contributed by atoms with E-state index in [-0.39, 0.29) is 17.7 Å². The van der Waals surface area contributed by atoms with Gasteiger partial charge < -0.3 is 16.0 Å². The number of primary amides is 1. The molecule has 0 aromatic heterocycles. The highest BCUT2D eigenvalue weighted by Crippen LogP contribution is 2.20. The number of amides is 2. The number of piperidine rings is 1. The van der Waals surface area contributed by atoms with Crippen LogP contribution in [-0.2, 0) is 9.59 Å². The highest BCUT2D eigenvalue weighted by molar-refractivity contribution is 9.10. The number of halogens is 1. The van der Waals surface area contributed by atoms with Gasteiger partial charge in [0.25, 0.3) is 5.91 Å². The predicted molar refractivity (Wildman–Crippen MR) is 80.3 cm³/mol. The van der Waals surface area contributed by atoms with Crippen LogP contribution in [-0.4, -0.2) is 31.4 Å². The first-order valence-corrected chi connectivity index (χ1v) is 7.53. The molecule has 2 atom stereocenters. The van der Waals surface area contributed by atoms with E-state index in [9.17, 15) is 9.59 Å². The van der Waals surface area contributed by atoms with Crippen LogP contribution in [0.3, 0.4) is 0 Å². The Morgan fingerprint density at radius 3 is 2.85 bits per heavy atom. The number of benzene rings is 1. The number of para-hydroxylation sites is 1. The maximum Gasteiger partial charge on any atom is 0.279 e. The normalized spacial score (nSPS) is 22.2. The molecule has 1 aliphatic heterocycles. The van der Waals surface area contributed by atoms with Crippen molar-refractivity contribution in [3.05, 3.63) is 28.7 Å². The van der Waals surface area contributed by atoms with Gasteiger partial charge in [0.2, 0.25) is 5.91 Å². The van der Waals surface area contributed by atoms with E-state index >= 15 is 0 Å². The molecule has 1 heterocycles. The predicted octanol–water partition coefficient (Wildman–Crippen LogP) is 0.168. The van der Waals surface area contributed by atoms with Gasteiger partial charge in [0.15, 0.2) is 6.54 Å². The molecule has 0 saturated carbocycles. The third kappa shape index (κ3) is 4.05. The Kier molecular flexibility index (Phi) is 5.14. The summed E-state index contributed by atoms with van der Waals surface area (Å²) >= 11 is 3.40. The van der Waals surface area contributed by atoms with Crippen molar-refractivity contribution < 1.29 is 14.5 Å². The van der Waals surface area contributed by atoms with Gasteiger partial charge in [-0.15, -0.1) is 0 Å². The van der Waals surface area contributed by atoms with E-state index in [1.165, 1.54) is 0 Å². The summed E-state index contributed by atoms with van der Waals surface area (Å²) in [5.41, 5.74) is 6.11. The van der Waals surface area contributed by atoms with Crippen LogP contribution >= 0.6 is 15.9 Å². The fourth-order valence-electron chi connectivity index (χ4n) is 2.54. The second kappa shape index (κ2) is 6.85. The topological polar surface area (TPSA) is 76.6 Å². The third-order valence-corrected chi connectivity index (χ3v) is 4.27. The summed E-state index contributed by atoms with van der Waals surface area (Å²) in [6, 6.07) is 7.50. The molecule has 0 bridgehead atoms. The summed E-state index contributed by atoms with van der Waals surface area (Å²) in [6.45, 7) is 1.93. The van der Waals surface area contributed by atoms with Crippen molar-refractivity contribution in [1.82, 2.24) is 0 Å². The highest BCUT2D eigenvalue weighted by Gasteiger charge is 2.28. The summed E-state index contributed by atoms with van der Waals surface area (Å²) in [7, 11) is 0. The zero-order chi connectivity index (χ0) is 14.5. The van der Waals surface area contributed by atoms with E-state index < -0.39 is 0 Å². The Hall–Kier alpha value is -1.40. The molecule has 1 fully saturated rings. The van der Waals surface area contributed by atoms with Gasteiger partial charge in [0.05, 0.1) is 24.7 Å². The first-order chi connectivity index (χ1) is 9.56. The lowest BCUT2D eigenvalue weighted by Gasteiger charge is -2.27. The molecular weight excluding hydrogens is 322 g/mol. The number of likely N-dealkylation sites (tertiary alicyclic amines) is 1. The van der Waals surface area contributed by atoms with Crippen LogP contribution in [0.1, 0.15) is 12.8 Å². The Bertz CT molecular complexity index is 507. The van der Waals surface area contributed by atoms with E-state index in [0.717, 1.165) is 34.4 Å². The smallest absolute Gasteiger partial charge is 0.279 e. The van der Waals surface area contributed by atoms with Gasteiger partial charge in [-0.2, -0.15) is 0 Å². The molecule has 4 N–H and O–H groups in total. The van der Waals surface area contributed by atoms with Crippen LogP contribution in [0.15, 0.2) is 28.7 Å². The summed E-state index contributed by atoms with van der Waals surface area (Å²) in [5, 5.41) is 2.88. The average molecular weight is 341 g/mol. The van der Waals surface area contributed by atoms with Gasteiger partial charge in [-0.1, -0.05) is 12.1 Å². The van der Waals surface area contributed by atoms with Crippen LogP contribution < -0.4 is 16.0 Å². The van der Waals surface area contributed by atoms with Crippen molar-refractivity contribution in [2.24, 2.45) is 11.7 Å². The maximum absolute atomic E-state index is 12.0. The zero-order valence-electron chi connectivity index (χ0n) is 11.2. The molecule has 5 nitrogen and oxygen atoms in total. The fraction of sp³-hybridized carbons (Fsp3) is 0.429. The third-order valence-electron chi connectivity index (χ3n) is 3.58. The van der Waals surface area contributed by atoms with Crippen LogP contribution in [0.25, 0.3) is 0 Å². The molecule has 108 valence electrons. The van der Waals surface area contributed by atoms with Crippen LogP contribution in [0, 0.1) is 5.92 Å². The first-order valence-electron chi connectivity index (χ1n) is 6.73. The largest absolute Gasteiger partial charge is 0.369 e. The second-order valence-corrected chi connectivity index (χ2v) is 6.00. The molecule has 1 unspecified atom stereocenters. The summed E-state index contributed by atoms with van der Waals surface area (Å²) < 4.78 is 0.858. The minimum atomic E-state index is -0.256. The maximum atomic E-state index is 12.0. The monoisotopic (exact) mass is 340 g/mol. The Labute approximate surface area is 126 Å². The van der Waals surface area contributed by atoms with Gasteiger partial charge in [-0.05, 0) is 40.9 Å². The Morgan fingerprint density at radius 2 is 2.15 bits per heavy atom. The molecule has 0 spiro atoms. The zero-order valence-corrected chi connectivity index (χ0v) is 12.8. The molecule has 1 aromatic carbocycles. The van der Waals surface area contributed by atoms with Crippen molar-refractivity contribution >= 4 is 33.4 Å². The minimum Gasteiger partial charge on any atom is -0.369 e. The quantitative estimate of drug-likeness (QED) is 0.730. The number of nitrogens with one attached hydrogen (secondary N) is 2. The molecule has 6 heteroatoms. The number of rotatable bonds is 4. The highest BCUT2D eigenvalue weighted by atomic mass is 79.9. The van der Waals surface area contributed by atoms with E-state index in [0.29, 0.717) is 13.1 Å². The minimum absolute atomic E-state index is 0.0444. The number of carbonyl (C=O) groups excluding carboxylic acids is 2. The lowest BCUT2D eigenvalue weighted by molar-refractivity contribution is -0.899. The first kappa shape index (κ1) is 15.0. The van der Waals surface area contributed by atoms with E-state index in [2.05, 4.69) is 21.2 Å². The molecule has 2 rings (SSSR count). The van der Waals surface area contributed by atoms with E-state index in [1.54, 1.807) is 0 Å². The summed E-state index contributed by atoms with van der Waals surface area (Å²) in [4.78, 5) is 24.4. The number of nitrogens with two attached hydrogens (primary N) is 1. The fourth-order valence-corrected chi connectivity index (χ4v) is 2.92. The Balaban J connectivity index is 1.88. The molecule has 1 aromatic rings. The Morgan fingerprint density at radius 1 is 1.40 bits per heavy atom. The summed E-state index contributed by atoms with van der Waals surface area (Å²) in [6.07, 6.45) is 1.77. The molecule has 1 aliphatic rings. The van der Waals surface area contributed by atoms with Crippen molar-refractivity contribution in [2.75, 3.05) is 25.0 Å². The number of hydrogen-bond acceptors (Lipinski definition) is 2. The standard InChI is InChI=1S/C14H18BrN3O2/c15-11-5-1-2-6-12(11)17-13(19)9-18-7-3-4-10(8-18)14(16)20/h1-2,5-6,10H,3-4,7-9H2,(H2,16,20)(H,17,19)/p+1/t10-/m0/s1. The van der Waals surface area contributed by atoms with Crippen molar-refractivity contribution in [3.8, 4) is 0 Å². The second-order valence-electron chi connectivity index (χ2n) is 5.15. The number of carbonyl (C=O) groups is 2. The van der Waals surface area contributed by atoms with Gasteiger partial charge in [0.1, 0.15) is 0 Å². The van der Waals surface area contributed by atoms with Crippen LogP contribution in [0.5, 0.6) is 0 Å². The molecule has 0 aliphatic carbocycles. The number of hydrogen-bond donors (Lipinski definition) is 3. The van der Waals surface area contributed by atoms with E-state index in [1.807, 2.05) is 24.3 Å². The van der Waals surface area contributed by atoms with Gasteiger partial charge >= 0.3 is 0 Å². The van der Waals surface area contributed by atoms with Gasteiger partial charge in [-0.3, -0.25) is 9.59 Å². The lowest BCUT2D eigenvalue weighted by Crippen LogP contribution is -3.14. The summed E-state index contributed by atoms with van der Waals surface area (Å²) in [5.74, 6) is -0.402. The molecule has 20 heavy (non-hydrogen) atoms.